The van der Waals surface area contributed by atoms with Crippen molar-refractivity contribution in [2.75, 3.05) is 9.80 Å². The van der Waals surface area contributed by atoms with Crippen LogP contribution in [-0.2, 0) is 0 Å². The molecule has 1 unspecified atom stereocenters. The van der Waals surface area contributed by atoms with Crippen molar-refractivity contribution in [3.8, 4) is 0 Å². The average molecular weight is 348 g/mol. The van der Waals surface area contributed by atoms with Gasteiger partial charge in [0.15, 0.2) is 11.6 Å². The molecule has 2 aliphatic heterocycles. The summed E-state index contributed by atoms with van der Waals surface area (Å²) in [6, 6.07) is 7.02. The van der Waals surface area contributed by atoms with Crippen LogP contribution in [0.4, 0.5) is 17.3 Å². The first kappa shape index (κ1) is 17.1. The van der Waals surface area contributed by atoms with Gasteiger partial charge >= 0.3 is 0 Å². The minimum absolute atomic E-state index is 0.0328. The highest BCUT2D eigenvalue weighted by Gasteiger charge is 2.55. The summed E-state index contributed by atoms with van der Waals surface area (Å²) in [5, 5.41) is 0. The Kier molecular flexibility index (Phi) is 3.83. The molecule has 4 nitrogen and oxygen atoms in total. The SMILES string of the molecule is C=C1c2ccc(C)cc2N2c3nccnc3N(C(C)C)C2C1(CC)CC. The smallest absolute Gasteiger partial charge is 0.178 e. The number of hydrogen-bond donors (Lipinski definition) is 0. The molecular weight excluding hydrogens is 320 g/mol. The molecule has 2 aromatic rings. The number of aryl methyl sites for hydroxylation is 1. The van der Waals surface area contributed by atoms with Crippen molar-refractivity contribution in [2.24, 2.45) is 5.41 Å². The van der Waals surface area contributed by atoms with Crippen LogP contribution in [0.25, 0.3) is 5.57 Å². The second-order valence-corrected chi connectivity index (χ2v) is 7.81. The molecule has 4 heteroatoms. The van der Waals surface area contributed by atoms with Crippen LogP contribution in [0, 0.1) is 12.3 Å². The summed E-state index contributed by atoms with van der Waals surface area (Å²) < 4.78 is 0. The number of nitrogens with zero attached hydrogens (tertiary/aromatic N) is 4. The summed E-state index contributed by atoms with van der Waals surface area (Å²) in [5.41, 5.74) is 4.93. The Hall–Kier alpha value is -2.36. The number of benzene rings is 1. The van der Waals surface area contributed by atoms with Crippen molar-refractivity contribution in [1.29, 1.82) is 0 Å². The summed E-state index contributed by atoms with van der Waals surface area (Å²) in [7, 11) is 0. The van der Waals surface area contributed by atoms with Gasteiger partial charge in [0.05, 0.1) is 5.69 Å². The first-order chi connectivity index (χ1) is 12.5. The van der Waals surface area contributed by atoms with Crippen LogP contribution >= 0.6 is 0 Å². The molecule has 0 radical (unpaired) electrons. The predicted molar refractivity (Wildman–Crippen MR) is 109 cm³/mol. The monoisotopic (exact) mass is 348 g/mol. The molecule has 136 valence electrons. The fourth-order valence-corrected chi connectivity index (χ4v) is 4.88. The molecule has 1 atom stereocenters. The average Bonchev–Trinajstić information content (AvgIpc) is 2.98. The number of aromatic nitrogens is 2. The van der Waals surface area contributed by atoms with Crippen LogP contribution in [0.15, 0.2) is 37.2 Å². The van der Waals surface area contributed by atoms with E-state index >= 15 is 0 Å². The molecule has 2 aliphatic rings. The molecule has 4 rings (SSSR count). The van der Waals surface area contributed by atoms with E-state index in [-0.39, 0.29) is 11.6 Å². The van der Waals surface area contributed by atoms with E-state index in [1.165, 1.54) is 22.4 Å². The summed E-state index contributed by atoms with van der Waals surface area (Å²) in [6.45, 7) is 15.8. The molecule has 26 heavy (non-hydrogen) atoms. The Bertz CT molecular complexity index is 866. The Labute approximate surface area is 156 Å². The van der Waals surface area contributed by atoms with E-state index in [1.54, 1.807) is 12.4 Å². The van der Waals surface area contributed by atoms with E-state index in [9.17, 15) is 0 Å². The molecule has 3 heterocycles. The Morgan fingerprint density at radius 2 is 1.77 bits per heavy atom. The van der Waals surface area contributed by atoms with Crippen LogP contribution < -0.4 is 9.80 Å². The molecule has 0 aliphatic carbocycles. The normalized spacial score (nSPS) is 20.2. The molecule has 1 aromatic carbocycles. The third-order valence-electron chi connectivity index (χ3n) is 6.29. The number of hydrogen-bond acceptors (Lipinski definition) is 4. The van der Waals surface area contributed by atoms with Crippen molar-refractivity contribution in [2.45, 2.75) is 59.7 Å². The molecule has 0 amide bonds. The van der Waals surface area contributed by atoms with Gasteiger partial charge in [0.25, 0.3) is 0 Å². The van der Waals surface area contributed by atoms with Crippen molar-refractivity contribution >= 4 is 22.9 Å². The van der Waals surface area contributed by atoms with Crippen LogP contribution in [0.1, 0.15) is 51.7 Å². The van der Waals surface area contributed by atoms with Gasteiger partial charge in [-0.25, -0.2) is 9.97 Å². The zero-order chi connectivity index (χ0) is 18.6. The number of anilines is 3. The molecule has 1 aromatic heterocycles. The first-order valence-corrected chi connectivity index (χ1v) is 9.65. The van der Waals surface area contributed by atoms with E-state index in [4.69, 9.17) is 9.97 Å². The lowest BCUT2D eigenvalue weighted by Crippen LogP contribution is -2.57. The van der Waals surface area contributed by atoms with Gasteiger partial charge < -0.3 is 9.80 Å². The number of fused-ring (bicyclic) bond motifs is 5. The van der Waals surface area contributed by atoms with Crippen molar-refractivity contribution in [3.05, 3.63) is 48.3 Å². The highest BCUT2D eigenvalue weighted by molar-refractivity contribution is 5.92. The maximum Gasteiger partial charge on any atom is 0.178 e. The van der Waals surface area contributed by atoms with Gasteiger partial charge in [0.2, 0.25) is 0 Å². The van der Waals surface area contributed by atoms with E-state index in [1.807, 2.05) is 0 Å². The quantitative estimate of drug-likeness (QED) is 0.752. The maximum atomic E-state index is 4.76. The van der Waals surface area contributed by atoms with Gasteiger partial charge in [-0.3, -0.25) is 0 Å². The maximum absolute atomic E-state index is 4.76. The van der Waals surface area contributed by atoms with Crippen LogP contribution in [-0.4, -0.2) is 22.2 Å². The first-order valence-electron chi connectivity index (χ1n) is 9.65. The van der Waals surface area contributed by atoms with Gasteiger partial charge in [-0.1, -0.05) is 32.6 Å². The zero-order valence-electron chi connectivity index (χ0n) is 16.5. The molecule has 0 bridgehead atoms. The van der Waals surface area contributed by atoms with Gasteiger partial charge in [-0.2, -0.15) is 0 Å². The molecule has 0 N–H and O–H groups in total. The Balaban J connectivity index is 2.07. The van der Waals surface area contributed by atoms with Crippen LogP contribution in [0.3, 0.4) is 0 Å². The van der Waals surface area contributed by atoms with E-state index < -0.39 is 0 Å². The van der Waals surface area contributed by atoms with E-state index in [2.05, 4.69) is 69.2 Å². The zero-order valence-corrected chi connectivity index (χ0v) is 16.5. The molecule has 0 saturated heterocycles. The highest BCUT2D eigenvalue weighted by atomic mass is 15.5. The summed E-state index contributed by atoms with van der Waals surface area (Å²) in [6.07, 6.45) is 5.84. The Morgan fingerprint density at radius 3 is 2.38 bits per heavy atom. The van der Waals surface area contributed by atoms with E-state index in [0.29, 0.717) is 6.04 Å². The lowest BCUT2D eigenvalue weighted by molar-refractivity contribution is 0.275. The molecule has 0 saturated carbocycles. The van der Waals surface area contributed by atoms with Crippen molar-refractivity contribution < 1.29 is 0 Å². The molecule has 0 spiro atoms. The minimum atomic E-state index is -0.0328. The van der Waals surface area contributed by atoms with Crippen LogP contribution in [0.2, 0.25) is 0 Å². The standard InChI is InChI=1S/C22H28N4/c1-7-22(8-2)16(6)17-10-9-15(5)13-18(17)26-20-19(23-11-12-24-20)25(14(3)4)21(22)26/h9-14,21H,6-8H2,1-5H3. The predicted octanol–water partition coefficient (Wildman–Crippen LogP) is 5.31. The summed E-state index contributed by atoms with van der Waals surface area (Å²) in [4.78, 5) is 14.4. The second-order valence-electron chi connectivity index (χ2n) is 7.81. The summed E-state index contributed by atoms with van der Waals surface area (Å²) in [5.74, 6) is 1.96. The second kappa shape index (κ2) is 5.83. The lowest BCUT2D eigenvalue weighted by Gasteiger charge is -2.52. The third-order valence-corrected chi connectivity index (χ3v) is 6.29. The highest BCUT2D eigenvalue weighted by Crippen LogP contribution is 2.59. The fraction of sp³-hybridized carbons (Fsp3) is 0.455. The van der Waals surface area contributed by atoms with Gasteiger partial charge in [-0.15, -0.1) is 0 Å². The van der Waals surface area contributed by atoms with Crippen molar-refractivity contribution in [1.82, 2.24) is 9.97 Å². The fourth-order valence-electron chi connectivity index (χ4n) is 4.88. The largest absolute Gasteiger partial charge is 0.329 e. The molecule has 0 fully saturated rings. The van der Waals surface area contributed by atoms with Gasteiger partial charge in [0.1, 0.15) is 6.17 Å². The van der Waals surface area contributed by atoms with Gasteiger partial charge in [-0.05, 0) is 50.8 Å². The molecular formula is C22H28N4. The Morgan fingerprint density at radius 1 is 1.12 bits per heavy atom. The van der Waals surface area contributed by atoms with E-state index in [0.717, 1.165) is 24.5 Å². The van der Waals surface area contributed by atoms with Gasteiger partial charge in [0, 0.05) is 29.4 Å². The lowest BCUT2D eigenvalue weighted by atomic mass is 9.67. The van der Waals surface area contributed by atoms with Crippen LogP contribution in [0.5, 0.6) is 0 Å². The topological polar surface area (TPSA) is 32.3 Å². The van der Waals surface area contributed by atoms with Crippen molar-refractivity contribution in [3.63, 3.8) is 0 Å². The minimum Gasteiger partial charge on any atom is -0.329 e. The third kappa shape index (κ3) is 2.01. The summed E-state index contributed by atoms with van der Waals surface area (Å²) >= 11 is 0. The number of rotatable bonds is 3.